The quantitative estimate of drug-likeness (QED) is 0.464. The minimum Gasteiger partial charge on any atom is -0.492 e. The zero-order valence-corrected chi connectivity index (χ0v) is 10.5. The van der Waals surface area contributed by atoms with Crippen molar-refractivity contribution in [1.82, 2.24) is 0 Å². The molecule has 0 heterocycles. The Morgan fingerprint density at radius 3 is 2.75 bits per heavy atom. The van der Waals surface area contributed by atoms with Gasteiger partial charge < -0.3 is 4.74 Å². The lowest BCUT2D eigenvalue weighted by atomic mass is 10.2. The van der Waals surface area contributed by atoms with Crippen molar-refractivity contribution in [2.45, 2.75) is 18.2 Å². The highest BCUT2D eigenvalue weighted by atomic mass is 35.7. The minimum atomic E-state index is -3.77. The fourth-order valence-electron chi connectivity index (χ4n) is 1.18. The largest absolute Gasteiger partial charge is 0.492 e. The lowest BCUT2D eigenvalue weighted by molar-refractivity contribution is 0.316. The van der Waals surface area contributed by atoms with Gasteiger partial charge in [-0.15, -0.1) is 6.58 Å². The van der Waals surface area contributed by atoms with E-state index >= 15 is 0 Å². The number of aryl methyl sites for hydroxylation is 1. The molecule has 1 aromatic rings. The summed E-state index contributed by atoms with van der Waals surface area (Å²) in [6.07, 6.45) is 2.35. The van der Waals surface area contributed by atoms with Gasteiger partial charge in [-0.05, 0) is 31.0 Å². The van der Waals surface area contributed by atoms with Crippen molar-refractivity contribution in [3.63, 3.8) is 0 Å². The minimum absolute atomic E-state index is 0.0122. The van der Waals surface area contributed by atoms with Crippen LogP contribution in [0.25, 0.3) is 0 Å². The Morgan fingerprint density at radius 1 is 1.50 bits per heavy atom. The van der Waals surface area contributed by atoms with Crippen molar-refractivity contribution in [3.05, 3.63) is 36.4 Å². The maximum atomic E-state index is 11.3. The summed E-state index contributed by atoms with van der Waals surface area (Å²) >= 11 is 0. The van der Waals surface area contributed by atoms with Crippen molar-refractivity contribution in [3.8, 4) is 5.75 Å². The number of hydrogen-bond acceptors (Lipinski definition) is 3. The van der Waals surface area contributed by atoms with E-state index < -0.39 is 9.05 Å². The molecule has 0 N–H and O–H groups in total. The molecular weight excluding hydrogens is 248 g/mol. The van der Waals surface area contributed by atoms with Crippen LogP contribution in [0.3, 0.4) is 0 Å². The number of ether oxygens (including phenoxy) is 1. The van der Waals surface area contributed by atoms with Crippen LogP contribution in [0.5, 0.6) is 5.75 Å². The number of benzene rings is 1. The standard InChI is InChI=1S/C11H13ClO3S/c1-3-4-7-15-10-6-5-9(2)8-11(10)16(12,13)14/h3,5-6,8H,1,4,7H2,2H3. The maximum absolute atomic E-state index is 11.3. The third-order valence-corrected chi connectivity index (χ3v) is 3.28. The summed E-state index contributed by atoms with van der Waals surface area (Å²) in [5, 5.41) is 0. The number of hydrogen-bond donors (Lipinski definition) is 0. The lowest BCUT2D eigenvalue weighted by Crippen LogP contribution is -2.01. The Hall–Kier alpha value is -1.00. The van der Waals surface area contributed by atoms with Crippen LogP contribution in [0.2, 0.25) is 0 Å². The van der Waals surface area contributed by atoms with Gasteiger partial charge in [0, 0.05) is 10.7 Å². The van der Waals surface area contributed by atoms with Crippen LogP contribution in [-0.2, 0) is 9.05 Å². The van der Waals surface area contributed by atoms with Crippen LogP contribution in [0.15, 0.2) is 35.7 Å². The Labute approximate surface area is 100 Å². The fraction of sp³-hybridized carbons (Fsp3) is 0.273. The van der Waals surface area contributed by atoms with Gasteiger partial charge in [0.05, 0.1) is 6.61 Å². The highest BCUT2D eigenvalue weighted by Crippen LogP contribution is 2.27. The third-order valence-electron chi connectivity index (χ3n) is 1.94. The molecule has 0 amide bonds. The van der Waals surface area contributed by atoms with Crippen LogP contribution in [-0.4, -0.2) is 15.0 Å². The monoisotopic (exact) mass is 260 g/mol. The van der Waals surface area contributed by atoms with Crippen LogP contribution in [0.4, 0.5) is 0 Å². The molecular formula is C11H13ClO3S. The first kappa shape index (κ1) is 13.1. The Kier molecular flexibility index (Phi) is 4.38. The fourth-order valence-corrected chi connectivity index (χ4v) is 2.23. The normalized spacial score (nSPS) is 11.1. The van der Waals surface area contributed by atoms with Gasteiger partial charge in [0.2, 0.25) is 0 Å². The number of rotatable bonds is 5. The molecule has 0 bridgehead atoms. The molecule has 3 nitrogen and oxygen atoms in total. The Bertz CT molecular complexity index is 480. The van der Waals surface area contributed by atoms with Crippen molar-refractivity contribution < 1.29 is 13.2 Å². The molecule has 16 heavy (non-hydrogen) atoms. The van der Waals surface area contributed by atoms with Crippen LogP contribution in [0.1, 0.15) is 12.0 Å². The average Bonchev–Trinajstić information content (AvgIpc) is 2.19. The summed E-state index contributed by atoms with van der Waals surface area (Å²) in [5.74, 6) is 0.280. The van der Waals surface area contributed by atoms with E-state index in [1.165, 1.54) is 6.07 Å². The van der Waals surface area contributed by atoms with Gasteiger partial charge in [0.15, 0.2) is 0 Å². The molecule has 0 atom stereocenters. The molecule has 1 rings (SSSR count). The molecule has 0 aliphatic carbocycles. The van der Waals surface area contributed by atoms with E-state index in [1.807, 2.05) is 0 Å². The SMILES string of the molecule is C=CCCOc1ccc(C)cc1S(=O)(=O)Cl. The molecule has 0 fully saturated rings. The molecule has 1 aromatic carbocycles. The Morgan fingerprint density at radius 2 is 2.19 bits per heavy atom. The smallest absolute Gasteiger partial charge is 0.264 e. The van der Waals surface area contributed by atoms with Gasteiger partial charge >= 0.3 is 0 Å². The van der Waals surface area contributed by atoms with Gasteiger partial charge in [-0.25, -0.2) is 8.42 Å². The summed E-state index contributed by atoms with van der Waals surface area (Å²) in [5.41, 5.74) is 0.815. The average molecular weight is 261 g/mol. The highest BCUT2D eigenvalue weighted by molar-refractivity contribution is 8.13. The van der Waals surface area contributed by atoms with E-state index in [4.69, 9.17) is 15.4 Å². The van der Waals surface area contributed by atoms with Gasteiger partial charge in [0.25, 0.3) is 9.05 Å². The van der Waals surface area contributed by atoms with E-state index in [0.717, 1.165) is 5.56 Å². The zero-order valence-electron chi connectivity index (χ0n) is 8.94. The topological polar surface area (TPSA) is 43.4 Å². The molecule has 0 aliphatic heterocycles. The van der Waals surface area contributed by atoms with Crippen LogP contribution < -0.4 is 4.74 Å². The second-order valence-electron chi connectivity index (χ2n) is 3.31. The highest BCUT2D eigenvalue weighted by Gasteiger charge is 2.16. The Balaban J connectivity index is 3.04. The van der Waals surface area contributed by atoms with Gasteiger partial charge in [-0.3, -0.25) is 0 Å². The summed E-state index contributed by atoms with van der Waals surface area (Å²) in [6.45, 7) is 5.72. The molecule has 0 aliphatic rings. The van der Waals surface area contributed by atoms with Gasteiger partial charge in [0.1, 0.15) is 10.6 Å². The van der Waals surface area contributed by atoms with E-state index in [-0.39, 0.29) is 10.6 Å². The van der Waals surface area contributed by atoms with Gasteiger partial charge in [-0.2, -0.15) is 0 Å². The van der Waals surface area contributed by atoms with Gasteiger partial charge in [-0.1, -0.05) is 12.1 Å². The van der Waals surface area contributed by atoms with Crippen molar-refractivity contribution in [1.29, 1.82) is 0 Å². The summed E-state index contributed by atoms with van der Waals surface area (Å²) in [6, 6.07) is 4.87. The van der Waals surface area contributed by atoms with E-state index in [1.54, 1.807) is 25.1 Å². The zero-order chi connectivity index (χ0) is 12.2. The van der Waals surface area contributed by atoms with Crippen LogP contribution in [0, 0.1) is 6.92 Å². The first-order chi connectivity index (χ1) is 7.45. The van der Waals surface area contributed by atoms with E-state index in [9.17, 15) is 8.42 Å². The summed E-state index contributed by atoms with van der Waals surface area (Å²) in [7, 11) is 1.55. The molecule has 0 saturated heterocycles. The first-order valence-corrected chi connectivity index (χ1v) is 7.05. The van der Waals surface area contributed by atoms with E-state index in [0.29, 0.717) is 13.0 Å². The van der Waals surface area contributed by atoms with Crippen molar-refractivity contribution >= 4 is 19.7 Å². The first-order valence-electron chi connectivity index (χ1n) is 4.74. The molecule has 88 valence electrons. The summed E-state index contributed by atoms with van der Waals surface area (Å²) in [4.78, 5) is 0.0122. The summed E-state index contributed by atoms with van der Waals surface area (Å²) < 4.78 is 27.9. The number of halogens is 1. The van der Waals surface area contributed by atoms with E-state index in [2.05, 4.69) is 6.58 Å². The van der Waals surface area contributed by atoms with Crippen molar-refractivity contribution in [2.75, 3.05) is 6.61 Å². The van der Waals surface area contributed by atoms with Crippen molar-refractivity contribution in [2.24, 2.45) is 0 Å². The molecule has 0 spiro atoms. The second kappa shape index (κ2) is 5.37. The lowest BCUT2D eigenvalue weighted by Gasteiger charge is -2.09. The predicted octanol–water partition coefficient (Wildman–Crippen LogP) is 2.88. The molecule has 0 saturated carbocycles. The molecule has 5 heteroatoms. The predicted molar refractivity (Wildman–Crippen MR) is 64.5 cm³/mol. The molecule has 0 aromatic heterocycles. The second-order valence-corrected chi connectivity index (χ2v) is 5.85. The van der Waals surface area contributed by atoms with Crippen LogP contribution >= 0.6 is 10.7 Å². The third kappa shape index (κ3) is 3.54. The maximum Gasteiger partial charge on any atom is 0.264 e. The molecule has 0 radical (unpaired) electrons. The molecule has 0 unspecified atom stereocenters.